The van der Waals surface area contributed by atoms with Crippen LogP contribution in [0.3, 0.4) is 0 Å². The van der Waals surface area contributed by atoms with Crippen molar-refractivity contribution in [2.75, 3.05) is 43.6 Å². The lowest BCUT2D eigenvalue weighted by atomic mass is 10.1. The molecule has 29 heavy (non-hydrogen) atoms. The van der Waals surface area contributed by atoms with Crippen molar-refractivity contribution < 1.29 is 14.3 Å². The van der Waals surface area contributed by atoms with Gasteiger partial charge in [-0.2, -0.15) is 0 Å². The predicted octanol–water partition coefficient (Wildman–Crippen LogP) is 3.67. The maximum absolute atomic E-state index is 11.8. The molecule has 0 amide bonds. The van der Waals surface area contributed by atoms with E-state index in [1.54, 1.807) is 12.1 Å². The zero-order valence-electron chi connectivity index (χ0n) is 17.0. The van der Waals surface area contributed by atoms with E-state index in [0.717, 1.165) is 43.1 Å². The number of nitrogens with one attached hydrogen (secondary N) is 2. The number of rotatable bonds is 5. The Kier molecular flexibility index (Phi) is 7.06. The van der Waals surface area contributed by atoms with E-state index < -0.39 is 0 Å². The largest absolute Gasteiger partial charge is 0.465 e. The molecule has 7 heteroatoms. The van der Waals surface area contributed by atoms with Crippen molar-refractivity contribution in [1.82, 2.24) is 5.32 Å². The van der Waals surface area contributed by atoms with E-state index in [1.807, 2.05) is 13.0 Å². The Hall–Kier alpha value is -2.64. The molecule has 0 radical (unpaired) electrons. The summed E-state index contributed by atoms with van der Waals surface area (Å²) in [7, 11) is 1.37. The van der Waals surface area contributed by atoms with Crippen LogP contribution in [0.1, 0.15) is 34.5 Å². The number of carbonyl (C=O) groups is 1. The van der Waals surface area contributed by atoms with Crippen LogP contribution < -0.4 is 15.5 Å². The first-order valence-electron chi connectivity index (χ1n) is 9.67. The number of thiocarbonyl (C=S) groups is 1. The quantitative estimate of drug-likeness (QED) is 0.573. The van der Waals surface area contributed by atoms with Gasteiger partial charge in [0.25, 0.3) is 0 Å². The zero-order chi connectivity index (χ0) is 20.8. The first kappa shape index (κ1) is 21.1. The molecular weight excluding hydrogens is 386 g/mol. The molecule has 0 aliphatic carbocycles. The molecule has 0 bridgehead atoms. The van der Waals surface area contributed by atoms with Gasteiger partial charge >= 0.3 is 5.97 Å². The number of aryl methyl sites for hydroxylation is 1. The Bertz CT molecular complexity index is 864. The van der Waals surface area contributed by atoms with Gasteiger partial charge in [-0.1, -0.05) is 18.2 Å². The lowest BCUT2D eigenvalue weighted by Crippen LogP contribution is -2.36. The van der Waals surface area contributed by atoms with Crippen LogP contribution in [-0.2, 0) is 9.47 Å². The van der Waals surface area contributed by atoms with Crippen molar-refractivity contribution in [2.45, 2.75) is 19.9 Å². The summed E-state index contributed by atoms with van der Waals surface area (Å²) in [5, 5.41) is 6.99. The van der Waals surface area contributed by atoms with Gasteiger partial charge < -0.3 is 25.0 Å². The zero-order valence-corrected chi connectivity index (χ0v) is 17.8. The molecule has 2 N–H and O–H groups in total. The van der Waals surface area contributed by atoms with Gasteiger partial charge in [0.05, 0.1) is 31.9 Å². The molecule has 1 fully saturated rings. The van der Waals surface area contributed by atoms with Gasteiger partial charge in [-0.15, -0.1) is 0 Å². The van der Waals surface area contributed by atoms with Gasteiger partial charge in [0.2, 0.25) is 0 Å². The normalized spacial score (nSPS) is 14.8. The van der Waals surface area contributed by atoms with E-state index in [1.165, 1.54) is 12.8 Å². The summed E-state index contributed by atoms with van der Waals surface area (Å²) in [6, 6.07) is 13.9. The molecule has 1 aliphatic rings. The molecule has 2 aromatic carbocycles. The molecule has 154 valence electrons. The average molecular weight is 414 g/mol. The predicted molar refractivity (Wildman–Crippen MR) is 120 cm³/mol. The lowest BCUT2D eigenvalue weighted by Gasteiger charge is -2.29. The fraction of sp³-hybridized carbons (Fsp3) is 0.364. The number of hydrogen-bond donors (Lipinski definition) is 2. The molecule has 3 rings (SSSR count). The number of esters is 1. The Morgan fingerprint density at radius 3 is 2.52 bits per heavy atom. The van der Waals surface area contributed by atoms with E-state index >= 15 is 0 Å². The SMILES string of the molecule is COC(=O)c1ccc(C)c(NC(=S)N[C@H](C)c2ccc(N3CCOCC3)cc2)c1. The minimum atomic E-state index is -0.374. The number of nitrogens with zero attached hydrogens (tertiary/aromatic N) is 1. The van der Waals surface area contributed by atoms with E-state index in [4.69, 9.17) is 21.7 Å². The van der Waals surface area contributed by atoms with Crippen LogP contribution in [0, 0.1) is 6.92 Å². The Morgan fingerprint density at radius 1 is 1.17 bits per heavy atom. The maximum atomic E-state index is 11.8. The first-order valence-corrected chi connectivity index (χ1v) is 10.1. The van der Waals surface area contributed by atoms with E-state index in [0.29, 0.717) is 10.7 Å². The third kappa shape index (κ3) is 5.46. The molecule has 0 saturated carbocycles. The van der Waals surface area contributed by atoms with Crippen molar-refractivity contribution in [1.29, 1.82) is 0 Å². The molecule has 1 heterocycles. The second kappa shape index (κ2) is 9.71. The van der Waals surface area contributed by atoms with Crippen LogP contribution in [0.2, 0.25) is 0 Å². The highest BCUT2D eigenvalue weighted by atomic mass is 32.1. The van der Waals surface area contributed by atoms with Gasteiger partial charge in [0, 0.05) is 24.5 Å². The highest BCUT2D eigenvalue weighted by Crippen LogP contribution is 2.21. The first-order chi connectivity index (χ1) is 14.0. The molecular formula is C22H27N3O3S. The third-order valence-electron chi connectivity index (χ3n) is 5.02. The summed E-state index contributed by atoms with van der Waals surface area (Å²) in [4.78, 5) is 14.1. The average Bonchev–Trinajstić information content (AvgIpc) is 2.75. The maximum Gasteiger partial charge on any atom is 0.337 e. The highest BCUT2D eigenvalue weighted by Gasteiger charge is 2.13. The third-order valence-corrected chi connectivity index (χ3v) is 5.24. The van der Waals surface area contributed by atoms with Gasteiger partial charge in [0.15, 0.2) is 5.11 Å². The molecule has 1 atom stereocenters. The Labute approximate surface area is 177 Å². The van der Waals surface area contributed by atoms with Crippen LogP contribution in [-0.4, -0.2) is 44.5 Å². The summed E-state index contributed by atoms with van der Waals surface area (Å²) in [6.45, 7) is 7.41. The van der Waals surface area contributed by atoms with Gasteiger partial charge in [0.1, 0.15) is 0 Å². The number of ether oxygens (including phenoxy) is 2. The number of methoxy groups -OCH3 is 1. The topological polar surface area (TPSA) is 62.8 Å². The molecule has 2 aromatic rings. The number of morpholine rings is 1. The highest BCUT2D eigenvalue weighted by molar-refractivity contribution is 7.80. The molecule has 6 nitrogen and oxygen atoms in total. The van der Waals surface area contributed by atoms with Crippen molar-refractivity contribution in [3.63, 3.8) is 0 Å². The van der Waals surface area contributed by atoms with E-state index in [-0.39, 0.29) is 12.0 Å². The van der Waals surface area contributed by atoms with Gasteiger partial charge in [-0.25, -0.2) is 4.79 Å². The minimum Gasteiger partial charge on any atom is -0.465 e. The molecule has 0 spiro atoms. The summed E-state index contributed by atoms with van der Waals surface area (Å²) >= 11 is 5.48. The van der Waals surface area contributed by atoms with Crippen LogP contribution in [0.15, 0.2) is 42.5 Å². The van der Waals surface area contributed by atoms with Gasteiger partial charge in [-0.3, -0.25) is 0 Å². The van der Waals surface area contributed by atoms with Crippen LogP contribution >= 0.6 is 12.2 Å². The summed E-state index contributed by atoms with van der Waals surface area (Å²) < 4.78 is 10.2. The minimum absolute atomic E-state index is 0.0397. The molecule has 1 aliphatic heterocycles. The molecule has 1 saturated heterocycles. The lowest BCUT2D eigenvalue weighted by molar-refractivity contribution is 0.0601. The van der Waals surface area contributed by atoms with Crippen molar-refractivity contribution >= 4 is 34.7 Å². The van der Waals surface area contributed by atoms with Crippen LogP contribution in [0.5, 0.6) is 0 Å². The molecule has 0 aromatic heterocycles. The van der Waals surface area contributed by atoms with Gasteiger partial charge in [-0.05, 0) is 61.5 Å². The number of hydrogen-bond acceptors (Lipinski definition) is 5. The van der Waals surface area contributed by atoms with E-state index in [2.05, 4.69) is 46.7 Å². The smallest absolute Gasteiger partial charge is 0.337 e. The summed E-state index contributed by atoms with van der Waals surface area (Å²) in [5.74, 6) is -0.374. The Balaban J connectivity index is 1.61. The number of carbonyl (C=O) groups excluding carboxylic acids is 1. The number of anilines is 2. The number of benzene rings is 2. The molecule has 0 unspecified atom stereocenters. The van der Waals surface area contributed by atoms with Crippen LogP contribution in [0.25, 0.3) is 0 Å². The fourth-order valence-corrected chi connectivity index (χ4v) is 3.52. The van der Waals surface area contributed by atoms with Crippen molar-refractivity contribution in [2.24, 2.45) is 0 Å². The summed E-state index contributed by atoms with van der Waals surface area (Å²) in [6.07, 6.45) is 0. The van der Waals surface area contributed by atoms with Crippen molar-refractivity contribution in [3.8, 4) is 0 Å². The monoisotopic (exact) mass is 413 g/mol. The fourth-order valence-electron chi connectivity index (χ4n) is 3.24. The van der Waals surface area contributed by atoms with Crippen LogP contribution in [0.4, 0.5) is 11.4 Å². The standard InChI is InChI=1S/C22H27N3O3S/c1-15-4-5-18(21(26)27-3)14-20(15)24-22(29)23-16(2)17-6-8-19(9-7-17)25-10-12-28-13-11-25/h4-9,14,16H,10-13H2,1-3H3,(H2,23,24,29)/t16-/m1/s1. The Morgan fingerprint density at radius 2 is 1.86 bits per heavy atom. The van der Waals surface area contributed by atoms with E-state index in [9.17, 15) is 4.79 Å². The second-order valence-electron chi connectivity index (χ2n) is 7.03. The summed E-state index contributed by atoms with van der Waals surface area (Å²) in [5.41, 5.74) is 4.60. The second-order valence-corrected chi connectivity index (χ2v) is 7.44. The van der Waals surface area contributed by atoms with Crippen molar-refractivity contribution in [3.05, 3.63) is 59.2 Å².